The molecule has 0 bridgehead atoms. The first-order valence-electron chi connectivity index (χ1n) is 11.0. The van der Waals surface area contributed by atoms with Crippen LogP contribution in [0, 0.1) is 23.8 Å². The van der Waals surface area contributed by atoms with E-state index in [1.807, 2.05) is 30.3 Å². The normalized spacial score (nSPS) is 28.5. The second kappa shape index (κ2) is 8.21. The molecule has 2 N–H and O–H groups in total. The SMILES string of the molecule is [C-]#[N+]c1cc2c(cn1)[C@]1(O)[C@H](O)[C@H](C(=O)N(C)C)[C@@H](c3ccccc3)[C@]1(c1ccc(C#N)cc1)S2. The number of amides is 1. The molecule has 0 radical (unpaired) electrons. The molecule has 1 aromatic heterocycles. The predicted octanol–water partition coefficient (Wildman–Crippen LogP) is 3.56. The topological polar surface area (TPSA) is 102 Å². The molecule has 2 aliphatic rings. The number of hydrogen-bond donors (Lipinski definition) is 2. The summed E-state index contributed by atoms with van der Waals surface area (Å²) >= 11 is 1.34. The largest absolute Gasteiger partial charge is 0.389 e. The van der Waals surface area contributed by atoms with Crippen molar-refractivity contribution in [3.8, 4) is 6.07 Å². The monoisotopic (exact) mass is 482 g/mol. The van der Waals surface area contributed by atoms with Gasteiger partial charge in [-0.1, -0.05) is 49.0 Å². The zero-order valence-electron chi connectivity index (χ0n) is 19.1. The zero-order chi connectivity index (χ0) is 25.0. The van der Waals surface area contributed by atoms with Crippen molar-refractivity contribution < 1.29 is 15.0 Å². The quantitative estimate of drug-likeness (QED) is 0.554. The number of nitriles is 1. The summed E-state index contributed by atoms with van der Waals surface area (Å²) in [6, 6.07) is 20.0. The number of benzene rings is 2. The van der Waals surface area contributed by atoms with Crippen LogP contribution in [0.4, 0.5) is 5.82 Å². The fraction of sp³-hybridized carbons (Fsp3) is 0.259. The van der Waals surface area contributed by atoms with Gasteiger partial charge in [0.15, 0.2) is 0 Å². The van der Waals surface area contributed by atoms with Gasteiger partial charge in [-0.15, -0.1) is 16.7 Å². The minimum atomic E-state index is -1.88. The average Bonchev–Trinajstić information content (AvgIpc) is 3.26. The summed E-state index contributed by atoms with van der Waals surface area (Å²) in [6.45, 7) is 7.38. The smallest absolute Gasteiger partial charge is 0.270 e. The van der Waals surface area contributed by atoms with Crippen molar-refractivity contribution in [3.05, 3.63) is 101 Å². The molecular weight excluding hydrogens is 460 g/mol. The van der Waals surface area contributed by atoms with Crippen LogP contribution in [0.15, 0.2) is 71.8 Å². The van der Waals surface area contributed by atoms with Crippen molar-refractivity contribution in [2.75, 3.05) is 14.1 Å². The van der Waals surface area contributed by atoms with Crippen molar-refractivity contribution in [2.24, 2.45) is 5.92 Å². The molecule has 0 unspecified atom stereocenters. The molecule has 1 fully saturated rings. The minimum absolute atomic E-state index is 0.182. The van der Waals surface area contributed by atoms with Gasteiger partial charge in [0.25, 0.3) is 5.82 Å². The third-order valence-corrected chi connectivity index (χ3v) is 8.79. The van der Waals surface area contributed by atoms with Gasteiger partial charge >= 0.3 is 0 Å². The maximum absolute atomic E-state index is 13.5. The molecule has 0 saturated heterocycles. The molecule has 1 aliphatic carbocycles. The van der Waals surface area contributed by atoms with E-state index in [1.165, 1.54) is 22.9 Å². The van der Waals surface area contributed by atoms with E-state index in [9.17, 15) is 20.3 Å². The van der Waals surface area contributed by atoms with E-state index in [4.69, 9.17) is 6.57 Å². The molecule has 2 aromatic carbocycles. The number of carbonyl (C=O) groups excluding carboxylic acids is 1. The van der Waals surface area contributed by atoms with Crippen molar-refractivity contribution in [1.82, 2.24) is 9.88 Å². The Labute approximate surface area is 207 Å². The molecule has 5 atom stereocenters. The average molecular weight is 483 g/mol. The number of carbonyl (C=O) groups is 1. The van der Waals surface area contributed by atoms with Gasteiger partial charge < -0.3 is 20.0 Å². The van der Waals surface area contributed by atoms with Crippen molar-refractivity contribution in [2.45, 2.75) is 27.3 Å². The highest BCUT2D eigenvalue weighted by atomic mass is 32.2. The van der Waals surface area contributed by atoms with Gasteiger partial charge in [0, 0.05) is 30.5 Å². The second-order valence-electron chi connectivity index (χ2n) is 9.04. The lowest BCUT2D eigenvalue weighted by atomic mass is 9.73. The number of aliphatic hydroxyl groups excluding tert-OH is 1. The Bertz CT molecular complexity index is 1400. The van der Waals surface area contributed by atoms with E-state index in [0.717, 1.165) is 5.56 Å². The van der Waals surface area contributed by atoms with Crippen LogP contribution in [0.5, 0.6) is 0 Å². The van der Waals surface area contributed by atoms with E-state index in [1.54, 1.807) is 44.4 Å². The van der Waals surface area contributed by atoms with E-state index in [-0.39, 0.29) is 11.7 Å². The van der Waals surface area contributed by atoms with Gasteiger partial charge in [0.05, 0.1) is 22.3 Å². The van der Waals surface area contributed by atoms with E-state index in [0.29, 0.717) is 21.6 Å². The summed E-state index contributed by atoms with van der Waals surface area (Å²) in [5.74, 6) is -1.69. The number of thioether (sulfide) groups is 1. The van der Waals surface area contributed by atoms with Crippen LogP contribution in [-0.2, 0) is 15.1 Å². The number of aliphatic hydroxyl groups is 2. The number of aromatic nitrogens is 1. The molecule has 1 aliphatic heterocycles. The van der Waals surface area contributed by atoms with Crippen LogP contribution in [-0.4, -0.2) is 46.2 Å². The molecule has 0 spiro atoms. The maximum atomic E-state index is 13.5. The summed E-state index contributed by atoms with van der Waals surface area (Å²) in [4.78, 5) is 23.2. The van der Waals surface area contributed by atoms with E-state index < -0.39 is 28.3 Å². The molecule has 174 valence electrons. The third kappa shape index (κ3) is 3.05. The molecule has 7 nitrogen and oxygen atoms in total. The molecule has 2 heterocycles. The van der Waals surface area contributed by atoms with Gasteiger partial charge in [-0.3, -0.25) is 4.79 Å². The Morgan fingerprint density at radius 2 is 1.89 bits per heavy atom. The molecule has 8 heteroatoms. The zero-order valence-corrected chi connectivity index (χ0v) is 19.9. The van der Waals surface area contributed by atoms with Crippen LogP contribution >= 0.6 is 11.8 Å². The van der Waals surface area contributed by atoms with Gasteiger partial charge in [-0.2, -0.15) is 5.26 Å². The third-order valence-electron chi connectivity index (χ3n) is 7.11. The number of nitrogens with zero attached hydrogens (tertiary/aromatic N) is 4. The highest BCUT2D eigenvalue weighted by molar-refractivity contribution is 8.00. The van der Waals surface area contributed by atoms with Gasteiger partial charge in [-0.25, -0.2) is 0 Å². The fourth-order valence-electron chi connectivity index (χ4n) is 5.61. The number of pyridine rings is 1. The van der Waals surface area contributed by atoms with E-state index in [2.05, 4.69) is 15.9 Å². The number of hydrogen-bond acceptors (Lipinski definition) is 6. The van der Waals surface area contributed by atoms with Crippen LogP contribution in [0.1, 0.15) is 28.2 Å². The molecule has 1 saturated carbocycles. The predicted molar refractivity (Wildman–Crippen MR) is 130 cm³/mol. The second-order valence-corrected chi connectivity index (χ2v) is 10.3. The van der Waals surface area contributed by atoms with E-state index >= 15 is 0 Å². The van der Waals surface area contributed by atoms with Crippen LogP contribution in [0.25, 0.3) is 4.85 Å². The molecule has 1 amide bonds. The number of rotatable bonds is 3. The first-order chi connectivity index (χ1) is 16.8. The van der Waals surface area contributed by atoms with Crippen LogP contribution < -0.4 is 0 Å². The van der Waals surface area contributed by atoms with Crippen molar-refractivity contribution in [1.29, 1.82) is 5.26 Å². The summed E-state index contributed by atoms with van der Waals surface area (Å²) in [7, 11) is 3.27. The molecule has 3 aromatic rings. The maximum Gasteiger partial charge on any atom is 0.270 e. The Morgan fingerprint density at radius 1 is 1.20 bits per heavy atom. The minimum Gasteiger partial charge on any atom is -0.389 e. The molecular formula is C27H22N4O3S. The molecule has 35 heavy (non-hydrogen) atoms. The van der Waals surface area contributed by atoms with Crippen molar-refractivity contribution >= 4 is 23.5 Å². The van der Waals surface area contributed by atoms with Crippen molar-refractivity contribution in [3.63, 3.8) is 0 Å². The van der Waals surface area contributed by atoms with Gasteiger partial charge in [0.2, 0.25) is 5.91 Å². The van der Waals surface area contributed by atoms with Crippen LogP contribution in [0.3, 0.4) is 0 Å². The highest BCUT2D eigenvalue weighted by Gasteiger charge is 2.76. The lowest BCUT2D eigenvalue weighted by Gasteiger charge is -2.41. The Morgan fingerprint density at radius 3 is 2.49 bits per heavy atom. The highest BCUT2D eigenvalue weighted by Crippen LogP contribution is 2.74. The lowest BCUT2D eigenvalue weighted by Crippen LogP contribution is -2.48. The number of fused-ring (bicyclic) bond motifs is 3. The lowest BCUT2D eigenvalue weighted by molar-refractivity contribution is -0.142. The Balaban J connectivity index is 1.86. The fourth-order valence-corrected chi connectivity index (χ4v) is 7.49. The van der Waals surface area contributed by atoms with Crippen LogP contribution in [0.2, 0.25) is 0 Å². The first kappa shape index (κ1) is 23.1. The molecule has 5 rings (SSSR count). The first-order valence-corrected chi connectivity index (χ1v) is 11.9. The van der Waals surface area contributed by atoms with Gasteiger partial charge in [-0.05, 0) is 29.3 Å². The standard InChI is InChI=1S/C27H22N4O3S/c1-29-21-13-20-19(15-30-21)26(34)24(32)22(25(33)31(2)3)23(17-7-5-4-6-8-17)27(26,35-20)18-11-9-16(14-28)10-12-18/h4-13,15,22-24,32,34H,2-3H3/t22-,23-,24-,26+,27+/m1/s1. The van der Waals surface area contributed by atoms with Gasteiger partial charge in [0.1, 0.15) is 17.9 Å². The summed E-state index contributed by atoms with van der Waals surface area (Å²) in [5.41, 5.74) is 0.437. The Hall–Kier alpha value is -3.69. The summed E-state index contributed by atoms with van der Waals surface area (Å²) < 4.78 is -1.22. The Kier molecular flexibility index (Phi) is 5.41. The summed E-state index contributed by atoms with van der Waals surface area (Å²) in [6.07, 6.45) is -0.0119. The summed E-state index contributed by atoms with van der Waals surface area (Å²) in [5, 5.41) is 33.7.